The minimum absolute atomic E-state index is 0.0122. The summed E-state index contributed by atoms with van der Waals surface area (Å²) in [7, 11) is 0. The Morgan fingerprint density at radius 3 is 1.51 bits per heavy atom. The summed E-state index contributed by atoms with van der Waals surface area (Å²) in [5, 5.41) is 68.4. The van der Waals surface area contributed by atoms with E-state index in [0.717, 1.165) is 0 Å². The summed E-state index contributed by atoms with van der Waals surface area (Å²) in [4.78, 5) is 149. The lowest BCUT2D eigenvalue weighted by Crippen LogP contribution is -2.62. The lowest BCUT2D eigenvalue weighted by molar-refractivity contribution is -0.145. The summed E-state index contributed by atoms with van der Waals surface area (Å²) in [6.07, 6.45) is -4.22. The number of carbonyl (C=O) groups excluding carboxylic acids is 10. The highest BCUT2D eigenvalue weighted by molar-refractivity contribution is 5.99. The molecular formula is C56H78N12O16. The van der Waals surface area contributed by atoms with Gasteiger partial charge >= 0.3 is 5.97 Å². The molecule has 3 aromatic rings. The number of rotatable bonds is 34. The van der Waals surface area contributed by atoms with Gasteiger partial charge in [-0.15, -0.1) is 0 Å². The Labute approximate surface area is 484 Å². The van der Waals surface area contributed by atoms with Crippen LogP contribution in [0.2, 0.25) is 0 Å². The number of unbranched alkanes of at least 4 members (excludes halogenated alkanes) is 1. The van der Waals surface area contributed by atoms with Crippen molar-refractivity contribution < 1.29 is 78.3 Å². The molecule has 1 saturated heterocycles. The molecule has 11 atom stereocenters. The summed E-state index contributed by atoms with van der Waals surface area (Å²) >= 11 is 0. The van der Waals surface area contributed by atoms with Crippen molar-refractivity contribution in [1.82, 2.24) is 42.1 Å². The van der Waals surface area contributed by atoms with Crippen molar-refractivity contribution in [2.45, 2.75) is 157 Å². The molecule has 28 nitrogen and oxygen atoms in total. The van der Waals surface area contributed by atoms with Crippen LogP contribution in [0.25, 0.3) is 0 Å². The molecule has 3 aromatic carbocycles. The Hall–Kier alpha value is -8.73. The molecule has 1 heterocycles. The maximum atomic E-state index is 14.8. The molecule has 0 saturated carbocycles. The number of carbonyl (C=O) groups is 11. The third-order valence-corrected chi connectivity index (χ3v) is 13.8. The lowest BCUT2D eigenvalue weighted by Gasteiger charge is -2.31. The molecule has 84 heavy (non-hydrogen) atoms. The second kappa shape index (κ2) is 33.4. The maximum absolute atomic E-state index is 14.8. The van der Waals surface area contributed by atoms with Crippen molar-refractivity contribution in [3.8, 4) is 11.5 Å². The molecule has 0 bridgehead atoms. The van der Waals surface area contributed by atoms with Gasteiger partial charge in [0.15, 0.2) is 6.04 Å². The average Bonchev–Trinajstić information content (AvgIpc) is 4.12. The van der Waals surface area contributed by atoms with Crippen molar-refractivity contribution in [3.05, 3.63) is 95.6 Å². The third-order valence-electron chi connectivity index (χ3n) is 13.8. The van der Waals surface area contributed by atoms with E-state index in [9.17, 15) is 78.3 Å². The zero-order valence-electron chi connectivity index (χ0n) is 46.7. The van der Waals surface area contributed by atoms with Gasteiger partial charge in [0.2, 0.25) is 59.1 Å². The summed E-state index contributed by atoms with van der Waals surface area (Å²) in [5.41, 5.74) is 23.6. The molecular weight excluding hydrogens is 1100 g/mol. The van der Waals surface area contributed by atoms with Gasteiger partial charge in [-0.2, -0.15) is 0 Å². The first-order valence-electron chi connectivity index (χ1n) is 27.4. The quantitative estimate of drug-likeness (QED) is 0.0256. The zero-order chi connectivity index (χ0) is 62.2. The average molecular weight is 1180 g/mol. The Kier molecular flexibility index (Phi) is 26.9. The Balaban J connectivity index is 1.63. The van der Waals surface area contributed by atoms with Crippen molar-refractivity contribution in [2.75, 3.05) is 13.1 Å². The van der Waals surface area contributed by atoms with E-state index >= 15 is 0 Å². The second-order valence-electron chi connectivity index (χ2n) is 20.6. The minimum atomic E-state index is -1.83. The second-order valence-corrected chi connectivity index (χ2v) is 20.6. The SMILES string of the molecule is C[C@@H](O)[C@H](NC(=O)[C@H](Cc1ccccc1)NC(=O)[C@@H]1CCCN1C(=O)[C@H](Cc1ccc(O)cc1)NC(=O)[C@@H](NC(=O)[C@H](CCCCN)NC(=O)[C@H](Cc1ccc(O)cc1)NC(=O)[C@H](CCC(N)=O)NC(=O)[C@@H](N)CCC(N)=O)[C@@H](C)O)C(=O)O. The molecule has 1 aliphatic rings. The summed E-state index contributed by atoms with van der Waals surface area (Å²) in [6, 6.07) is 6.01. The third kappa shape index (κ3) is 21.9. The van der Waals surface area contributed by atoms with Crippen LogP contribution in [0.5, 0.6) is 11.5 Å². The van der Waals surface area contributed by atoms with Crippen LogP contribution in [0.3, 0.4) is 0 Å². The van der Waals surface area contributed by atoms with Gasteiger partial charge in [-0.05, 0) is 106 Å². The highest BCUT2D eigenvalue weighted by atomic mass is 16.4. The van der Waals surface area contributed by atoms with Crippen LogP contribution in [0, 0.1) is 0 Å². The van der Waals surface area contributed by atoms with Crippen LogP contribution >= 0.6 is 0 Å². The molecule has 0 aliphatic carbocycles. The number of phenolic OH excluding ortho intramolecular Hbond substituents is 2. The highest BCUT2D eigenvalue weighted by Gasteiger charge is 2.41. The molecule has 1 fully saturated rings. The van der Waals surface area contributed by atoms with Gasteiger partial charge in [0.05, 0.1) is 18.2 Å². The number of phenols is 2. The van der Waals surface area contributed by atoms with Gasteiger partial charge in [-0.1, -0.05) is 54.6 Å². The van der Waals surface area contributed by atoms with Gasteiger partial charge in [0.1, 0.15) is 53.8 Å². The summed E-state index contributed by atoms with van der Waals surface area (Å²) < 4.78 is 0. The van der Waals surface area contributed by atoms with Crippen LogP contribution in [0.4, 0.5) is 0 Å². The van der Waals surface area contributed by atoms with E-state index in [2.05, 4.69) is 37.2 Å². The predicted octanol–water partition coefficient (Wildman–Crippen LogP) is -3.66. The number of hydrogen-bond acceptors (Lipinski definition) is 17. The molecule has 1 aliphatic heterocycles. The van der Waals surface area contributed by atoms with Crippen molar-refractivity contribution >= 4 is 65.0 Å². The van der Waals surface area contributed by atoms with Crippen LogP contribution in [-0.4, -0.2) is 175 Å². The first kappa shape index (κ1) is 67.8. The number of primary amides is 2. The van der Waals surface area contributed by atoms with Gasteiger partial charge < -0.3 is 90.6 Å². The largest absolute Gasteiger partial charge is 0.508 e. The molecule has 4 rings (SSSR count). The highest BCUT2D eigenvalue weighted by Crippen LogP contribution is 2.22. The van der Waals surface area contributed by atoms with Crippen molar-refractivity contribution in [1.29, 1.82) is 0 Å². The van der Waals surface area contributed by atoms with Crippen LogP contribution in [0.15, 0.2) is 78.9 Å². The number of aromatic hydroxyl groups is 2. The number of nitrogens with two attached hydrogens (primary N) is 4. The van der Waals surface area contributed by atoms with Crippen LogP contribution < -0.4 is 60.2 Å². The lowest BCUT2D eigenvalue weighted by atomic mass is 10.0. The minimum Gasteiger partial charge on any atom is -0.508 e. The van der Waals surface area contributed by atoms with E-state index in [1.54, 1.807) is 30.3 Å². The number of aliphatic hydroxyl groups excluding tert-OH is 2. The number of nitrogens with zero attached hydrogens (tertiary/aromatic N) is 1. The van der Waals surface area contributed by atoms with E-state index in [4.69, 9.17) is 22.9 Å². The van der Waals surface area contributed by atoms with Crippen LogP contribution in [0.1, 0.15) is 88.3 Å². The number of likely N-dealkylation sites (tertiary alicyclic amines) is 1. The molecule has 28 heteroatoms. The first-order valence-corrected chi connectivity index (χ1v) is 27.4. The van der Waals surface area contributed by atoms with E-state index in [0.29, 0.717) is 23.1 Å². The number of nitrogens with one attached hydrogen (secondary N) is 7. The molecule has 10 amide bonds. The number of carboxylic acids is 1. The topological polar surface area (TPSA) is 480 Å². The number of benzene rings is 3. The normalized spacial score (nSPS) is 16.5. The number of carboxylic acid groups (broad SMARTS) is 1. The fourth-order valence-electron chi connectivity index (χ4n) is 9.11. The van der Waals surface area contributed by atoms with E-state index in [1.165, 1.54) is 67.3 Å². The van der Waals surface area contributed by atoms with Crippen LogP contribution in [-0.2, 0) is 72.0 Å². The molecule has 0 unspecified atom stereocenters. The molecule has 0 spiro atoms. The van der Waals surface area contributed by atoms with Gasteiger partial charge in [-0.25, -0.2) is 4.79 Å². The first-order chi connectivity index (χ1) is 39.8. The molecule has 0 radical (unpaired) electrons. The van der Waals surface area contributed by atoms with E-state index in [1.807, 2.05) is 0 Å². The number of aliphatic carboxylic acids is 1. The summed E-state index contributed by atoms with van der Waals surface area (Å²) in [6.45, 7) is 2.50. The predicted molar refractivity (Wildman–Crippen MR) is 301 cm³/mol. The molecule has 0 aromatic heterocycles. The maximum Gasteiger partial charge on any atom is 0.328 e. The van der Waals surface area contributed by atoms with Crippen molar-refractivity contribution in [2.24, 2.45) is 22.9 Å². The fraction of sp³-hybridized carbons (Fsp3) is 0.482. The Morgan fingerprint density at radius 1 is 0.536 bits per heavy atom. The smallest absolute Gasteiger partial charge is 0.328 e. The zero-order valence-corrected chi connectivity index (χ0v) is 46.7. The number of amides is 10. The van der Waals surface area contributed by atoms with E-state index < -0.39 is 138 Å². The Bertz CT molecular complexity index is 2750. The monoisotopic (exact) mass is 1170 g/mol. The molecule has 458 valence electrons. The molecule has 20 N–H and O–H groups in total. The number of aliphatic hydroxyl groups is 2. The standard InChI is InChI=1S/C56H78N12O16/c1-30(69)46(66-50(77)38(11-6-7-25-57)62-51(78)40(28-33-13-17-35(71)18-14-33)63-49(76)39(22-24-45(60)74)61-48(75)37(58)21-23-44(59)73)54(81)65-42(29-34-15-19-36(72)20-16-34)55(82)68-26-8-12-43(68)53(80)64-41(27-32-9-4-3-5-10-32)52(79)67-47(31(2)70)56(83)84/h3-5,9-10,13-20,30-31,37-43,46-47,69-72H,6-8,11-12,21-29,57-58H2,1-2H3,(H2,59,73)(H2,60,74)(H,61,75)(H,62,78)(H,63,76)(H,64,80)(H,65,81)(H,66,77)(H,67,79)(H,83,84)/t30-,31-,37+,38+,39+,40+,41+,42+,43+,46+,47+/m1/s1. The van der Waals surface area contributed by atoms with Gasteiger partial charge in [0, 0.05) is 38.6 Å². The number of hydrogen-bond donors (Lipinski definition) is 16. The van der Waals surface area contributed by atoms with Gasteiger partial charge in [0.25, 0.3) is 0 Å². The summed E-state index contributed by atoms with van der Waals surface area (Å²) in [5.74, 6) is -10.8. The van der Waals surface area contributed by atoms with Gasteiger partial charge in [-0.3, -0.25) is 47.9 Å². The van der Waals surface area contributed by atoms with Crippen molar-refractivity contribution in [3.63, 3.8) is 0 Å². The fourth-order valence-corrected chi connectivity index (χ4v) is 9.11. The van der Waals surface area contributed by atoms with E-state index in [-0.39, 0.29) is 88.8 Å². The Morgan fingerprint density at radius 2 is 0.976 bits per heavy atom.